The summed E-state index contributed by atoms with van der Waals surface area (Å²) in [6.07, 6.45) is 1.62. The molecule has 0 atom stereocenters. The van der Waals surface area contributed by atoms with Crippen LogP contribution in [0.4, 0.5) is 5.69 Å². The summed E-state index contributed by atoms with van der Waals surface area (Å²) >= 11 is 1.41. The predicted octanol–water partition coefficient (Wildman–Crippen LogP) is 2.45. The fourth-order valence-corrected chi connectivity index (χ4v) is 3.88. The SMILES string of the molecule is Cc1noc(C)c1CSc1ncccc1C(=O)Nc1cccc(C(=O)NCC(N)=O)c1. The molecule has 2 heterocycles. The Morgan fingerprint density at radius 3 is 2.65 bits per heavy atom. The van der Waals surface area contributed by atoms with Crippen LogP contribution < -0.4 is 16.4 Å². The second-order valence-corrected chi connectivity index (χ2v) is 7.60. The predicted molar refractivity (Wildman–Crippen MR) is 116 cm³/mol. The van der Waals surface area contributed by atoms with Crippen molar-refractivity contribution in [3.8, 4) is 0 Å². The van der Waals surface area contributed by atoms with E-state index >= 15 is 0 Å². The third-order valence-electron chi connectivity index (χ3n) is 4.36. The van der Waals surface area contributed by atoms with Crippen LogP contribution in [0.2, 0.25) is 0 Å². The number of anilines is 1. The maximum atomic E-state index is 12.9. The van der Waals surface area contributed by atoms with E-state index in [1.165, 1.54) is 17.8 Å². The standard InChI is InChI=1S/C21H21N5O4S/c1-12-17(13(2)30-26-12)11-31-21-16(7-4-8-23-21)20(29)25-15-6-3-5-14(9-15)19(28)24-10-18(22)27/h3-9H,10-11H2,1-2H3,(H2,22,27)(H,24,28)(H,25,29). The Kier molecular flexibility index (Phi) is 7.03. The molecule has 10 heteroatoms. The average molecular weight is 439 g/mol. The van der Waals surface area contributed by atoms with Gasteiger partial charge in [0.1, 0.15) is 10.8 Å². The highest BCUT2D eigenvalue weighted by atomic mass is 32.2. The normalized spacial score (nSPS) is 10.5. The molecule has 1 aromatic carbocycles. The van der Waals surface area contributed by atoms with Crippen LogP contribution >= 0.6 is 11.8 Å². The molecule has 3 rings (SSSR count). The number of rotatable bonds is 8. The number of hydrogen-bond donors (Lipinski definition) is 3. The van der Waals surface area contributed by atoms with Crippen LogP contribution in [0.5, 0.6) is 0 Å². The molecule has 0 saturated heterocycles. The van der Waals surface area contributed by atoms with Gasteiger partial charge >= 0.3 is 0 Å². The first-order valence-corrected chi connectivity index (χ1v) is 10.3. The number of nitrogens with one attached hydrogen (secondary N) is 2. The van der Waals surface area contributed by atoms with E-state index in [-0.39, 0.29) is 12.5 Å². The first kappa shape index (κ1) is 22.0. The van der Waals surface area contributed by atoms with Crippen molar-refractivity contribution < 1.29 is 18.9 Å². The van der Waals surface area contributed by atoms with Gasteiger partial charge in [0, 0.05) is 28.8 Å². The molecular formula is C21H21N5O4S. The molecule has 0 radical (unpaired) electrons. The van der Waals surface area contributed by atoms with Crippen molar-refractivity contribution in [2.24, 2.45) is 5.73 Å². The van der Waals surface area contributed by atoms with Crippen molar-refractivity contribution in [3.05, 3.63) is 70.7 Å². The molecule has 0 aliphatic heterocycles. The Morgan fingerprint density at radius 2 is 1.94 bits per heavy atom. The topological polar surface area (TPSA) is 140 Å². The minimum absolute atomic E-state index is 0.267. The second-order valence-electron chi connectivity index (χ2n) is 6.63. The summed E-state index contributed by atoms with van der Waals surface area (Å²) in [4.78, 5) is 40.1. The molecule has 0 fully saturated rings. The molecule has 3 aromatic rings. The lowest BCUT2D eigenvalue weighted by molar-refractivity contribution is -0.117. The number of benzene rings is 1. The summed E-state index contributed by atoms with van der Waals surface area (Å²) in [5.41, 5.74) is 7.94. The lowest BCUT2D eigenvalue weighted by Gasteiger charge is -2.10. The van der Waals surface area contributed by atoms with E-state index in [9.17, 15) is 14.4 Å². The number of aryl methyl sites for hydroxylation is 2. The summed E-state index contributed by atoms with van der Waals surface area (Å²) in [5, 5.41) is 9.69. The number of pyridine rings is 1. The lowest BCUT2D eigenvalue weighted by Crippen LogP contribution is -2.33. The zero-order valence-corrected chi connectivity index (χ0v) is 17.8. The molecule has 0 aliphatic carbocycles. The van der Waals surface area contributed by atoms with E-state index in [0.29, 0.717) is 27.6 Å². The van der Waals surface area contributed by atoms with E-state index in [1.807, 2.05) is 13.8 Å². The van der Waals surface area contributed by atoms with Crippen molar-refractivity contribution in [3.63, 3.8) is 0 Å². The number of nitrogens with two attached hydrogens (primary N) is 1. The highest BCUT2D eigenvalue weighted by Crippen LogP contribution is 2.27. The van der Waals surface area contributed by atoms with Gasteiger partial charge in [-0.3, -0.25) is 14.4 Å². The van der Waals surface area contributed by atoms with Gasteiger partial charge in [0.2, 0.25) is 5.91 Å². The average Bonchev–Trinajstić information content (AvgIpc) is 3.08. The Bertz CT molecular complexity index is 1110. The third-order valence-corrected chi connectivity index (χ3v) is 5.39. The molecule has 31 heavy (non-hydrogen) atoms. The van der Waals surface area contributed by atoms with Gasteiger partial charge in [-0.05, 0) is 44.2 Å². The molecule has 3 amide bonds. The minimum Gasteiger partial charge on any atom is -0.368 e. The molecule has 2 aromatic heterocycles. The summed E-state index contributed by atoms with van der Waals surface area (Å²) in [6, 6.07) is 9.74. The molecule has 0 unspecified atom stereocenters. The van der Waals surface area contributed by atoms with Crippen LogP contribution in [0.3, 0.4) is 0 Å². The lowest BCUT2D eigenvalue weighted by atomic mass is 10.1. The van der Waals surface area contributed by atoms with Gasteiger partial charge in [0.25, 0.3) is 11.8 Å². The van der Waals surface area contributed by atoms with Crippen molar-refractivity contribution in [1.29, 1.82) is 0 Å². The van der Waals surface area contributed by atoms with E-state index in [2.05, 4.69) is 20.8 Å². The van der Waals surface area contributed by atoms with Crippen LogP contribution in [-0.4, -0.2) is 34.4 Å². The molecule has 0 bridgehead atoms. The highest BCUT2D eigenvalue weighted by Gasteiger charge is 2.16. The van der Waals surface area contributed by atoms with Crippen molar-refractivity contribution in [2.45, 2.75) is 24.6 Å². The molecule has 9 nitrogen and oxygen atoms in total. The van der Waals surface area contributed by atoms with Crippen LogP contribution in [-0.2, 0) is 10.5 Å². The Hall–Kier alpha value is -3.66. The second kappa shape index (κ2) is 9.90. The summed E-state index contributed by atoms with van der Waals surface area (Å²) in [7, 11) is 0. The Labute approximate surface area is 182 Å². The quantitative estimate of drug-likeness (QED) is 0.458. The molecule has 160 valence electrons. The number of nitrogens with zero attached hydrogens (tertiary/aromatic N) is 2. The van der Waals surface area contributed by atoms with Crippen molar-refractivity contribution in [1.82, 2.24) is 15.5 Å². The first-order chi connectivity index (χ1) is 14.8. The fourth-order valence-electron chi connectivity index (χ4n) is 2.73. The maximum Gasteiger partial charge on any atom is 0.258 e. The number of amides is 3. The van der Waals surface area contributed by atoms with Gasteiger partial charge in [-0.15, -0.1) is 11.8 Å². The smallest absolute Gasteiger partial charge is 0.258 e. The number of aromatic nitrogens is 2. The van der Waals surface area contributed by atoms with E-state index < -0.39 is 11.8 Å². The molecule has 0 aliphatic rings. The zero-order valence-electron chi connectivity index (χ0n) is 17.0. The summed E-state index contributed by atoms with van der Waals surface area (Å²) < 4.78 is 5.18. The van der Waals surface area contributed by atoms with Crippen LogP contribution in [0.15, 0.2) is 52.1 Å². The van der Waals surface area contributed by atoms with Gasteiger partial charge in [0.05, 0.1) is 17.8 Å². The highest BCUT2D eigenvalue weighted by molar-refractivity contribution is 7.98. The number of hydrogen-bond acceptors (Lipinski definition) is 7. The number of primary amides is 1. The Balaban J connectivity index is 1.72. The fraction of sp³-hybridized carbons (Fsp3) is 0.190. The van der Waals surface area contributed by atoms with Crippen LogP contribution in [0.25, 0.3) is 0 Å². The monoisotopic (exact) mass is 439 g/mol. The van der Waals surface area contributed by atoms with Gasteiger partial charge in [0.15, 0.2) is 0 Å². The van der Waals surface area contributed by atoms with Crippen LogP contribution in [0.1, 0.15) is 37.7 Å². The van der Waals surface area contributed by atoms with Gasteiger partial charge < -0.3 is 20.9 Å². The van der Waals surface area contributed by atoms with Gasteiger partial charge in [-0.1, -0.05) is 11.2 Å². The number of thioether (sulfide) groups is 1. The molecule has 0 spiro atoms. The summed E-state index contributed by atoms with van der Waals surface area (Å²) in [6.45, 7) is 3.44. The third kappa shape index (κ3) is 5.70. The van der Waals surface area contributed by atoms with Crippen molar-refractivity contribution >= 4 is 35.2 Å². The minimum atomic E-state index is -0.643. The van der Waals surface area contributed by atoms with Gasteiger partial charge in [-0.25, -0.2) is 4.98 Å². The zero-order chi connectivity index (χ0) is 22.4. The molecular weight excluding hydrogens is 418 g/mol. The Morgan fingerprint density at radius 1 is 1.13 bits per heavy atom. The largest absolute Gasteiger partial charge is 0.368 e. The van der Waals surface area contributed by atoms with E-state index in [0.717, 1.165) is 17.0 Å². The number of carbonyl (C=O) groups is 3. The van der Waals surface area contributed by atoms with Crippen LogP contribution in [0, 0.1) is 13.8 Å². The summed E-state index contributed by atoms with van der Waals surface area (Å²) in [5.74, 6) is -0.168. The molecule has 4 N–H and O–H groups in total. The van der Waals surface area contributed by atoms with Crippen molar-refractivity contribution in [2.75, 3.05) is 11.9 Å². The molecule has 0 saturated carbocycles. The van der Waals surface area contributed by atoms with Gasteiger partial charge in [-0.2, -0.15) is 0 Å². The first-order valence-electron chi connectivity index (χ1n) is 9.32. The maximum absolute atomic E-state index is 12.9. The van der Waals surface area contributed by atoms with E-state index in [4.69, 9.17) is 10.3 Å². The number of carbonyl (C=O) groups excluding carboxylic acids is 3. The van der Waals surface area contributed by atoms with E-state index in [1.54, 1.807) is 36.5 Å².